The molecule has 2 atom stereocenters. The van der Waals surface area contributed by atoms with Crippen molar-refractivity contribution in [1.82, 2.24) is 10.2 Å². The first kappa shape index (κ1) is 15.1. The minimum Gasteiger partial charge on any atom is -0.466 e. The first-order valence-electron chi connectivity index (χ1n) is 7.34. The minimum absolute atomic E-state index is 0.104. The summed E-state index contributed by atoms with van der Waals surface area (Å²) in [4.78, 5) is 2.62. The molecule has 1 saturated heterocycles. The lowest BCUT2D eigenvalue weighted by Gasteiger charge is -2.44. The SMILES string of the molecule is CCNC(c1occc1Br)C(C)(CC)N1CCCC1. The van der Waals surface area contributed by atoms with Gasteiger partial charge >= 0.3 is 0 Å². The van der Waals surface area contributed by atoms with Crippen LogP contribution in [0, 0.1) is 0 Å². The molecule has 0 radical (unpaired) electrons. The number of furan rings is 1. The van der Waals surface area contributed by atoms with Crippen molar-refractivity contribution in [3.8, 4) is 0 Å². The third kappa shape index (κ3) is 2.91. The molecular weight excluding hydrogens is 304 g/mol. The van der Waals surface area contributed by atoms with E-state index >= 15 is 0 Å². The van der Waals surface area contributed by atoms with Gasteiger partial charge in [-0.15, -0.1) is 0 Å². The summed E-state index contributed by atoms with van der Waals surface area (Å²) in [5.74, 6) is 1.03. The van der Waals surface area contributed by atoms with Crippen LogP contribution >= 0.6 is 15.9 Å². The largest absolute Gasteiger partial charge is 0.466 e. The molecule has 0 amide bonds. The second-order valence-corrected chi connectivity index (χ2v) is 6.38. The molecular formula is C15H25BrN2O. The Balaban J connectivity index is 2.32. The van der Waals surface area contributed by atoms with E-state index in [4.69, 9.17) is 4.42 Å². The van der Waals surface area contributed by atoms with Crippen LogP contribution in [-0.2, 0) is 0 Å². The van der Waals surface area contributed by atoms with Crippen molar-refractivity contribution in [2.24, 2.45) is 0 Å². The van der Waals surface area contributed by atoms with Gasteiger partial charge in [-0.1, -0.05) is 13.8 Å². The summed E-state index contributed by atoms with van der Waals surface area (Å²) in [5, 5.41) is 3.63. The number of likely N-dealkylation sites (tertiary alicyclic amines) is 1. The maximum Gasteiger partial charge on any atom is 0.136 e. The quantitative estimate of drug-likeness (QED) is 0.856. The highest BCUT2D eigenvalue weighted by Crippen LogP contribution is 2.39. The molecule has 1 aliphatic heterocycles. The van der Waals surface area contributed by atoms with E-state index < -0.39 is 0 Å². The van der Waals surface area contributed by atoms with Gasteiger partial charge in [0.05, 0.1) is 16.8 Å². The molecule has 1 fully saturated rings. The van der Waals surface area contributed by atoms with E-state index in [9.17, 15) is 0 Å². The second kappa shape index (κ2) is 6.42. The van der Waals surface area contributed by atoms with Gasteiger partial charge in [-0.3, -0.25) is 4.90 Å². The summed E-state index contributed by atoms with van der Waals surface area (Å²) in [7, 11) is 0. The Morgan fingerprint density at radius 1 is 1.42 bits per heavy atom. The van der Waals surface area contributed by atoms with E-state index in [1.54, 1.807) is 6.26 Å². The number of halogens is 1. The summed E-state index contributed by atoms with van der Waals surface area (Å²) in [6.07, 6.45) is 5.50. The van der Waals surface area contributed by atoms with Crippen molar-refractivity contribution in [2.45, 2.75) is 51.6 Å². The predicted octanol–water partition coefficient (Wildman–Crippen LogP) is 3.96. The van der Waals surface area contributed by atoms with E-state index in [1.807, 2.05) is 6.07 Å². The predicted molar refractivity (Wildman–Crippen MR) is 82.3 cm³/mol. The lowest BCUT2D eigenvalue weighted by molar-refractivity contribution is 0.0748. The highest BCUT2D eigenvalue weighted by molar-refractivity contribution is 9.10. The van der Waals surface area contributed by atoms with E-state index in [-0.39, 0.29) is 11.6 Å². The van der Waals surface area contributed by atoms with E-state index in [2.05, 4.69) is 46.9 Å². The van der Waals surface area contributed by atoms with Gasteiger partial charge in [-0.05, 0) is 67.8 Å². The molecule has 2 unspecified atom stereocenters. The van der Waals surface area contributed by atoms with Gasteiger partial charge in [-0.2, -0.15) is 0 Å². The molecule has 1 N–H and O–H groups in total. The second-order valence-electron chi connectivity index (χ2n) is 5.53. The smallest absolute Gasteiger partial charge is 0.136 e. The molecule has 0 bridgehead atoms. The van der Waals surface area contributed by atoms with Crippen LogP contribution in [0.5, 0.6) is 0 Å². The highest BCUT2D eigenvalue weighted by atomic mass is 79.9. The molecule has 108 valence electrons. The molecule has 0 aromatic carbocycles. The zero-order valence-electron chi connectivity index (χ0n) is 12.2. The third-order valence-electron chi connectivity index (χ3n) is 4.48. The molecule has 1 aliphatic rings. The molecule has 19 heavy (non-hydrogen) atoms. The number of likely N-dealkylation sites (N-methyl/N-ethyl adjacent to an activating group) is 1. The van der Waals surface area contributed by atoms with Crippen LogP contribution < -0.4 is 5.32 Å². The van der Waals surface area contributed by atoms with Crippen LogP contribution in [-0.4, -0.2) is 30.1 Å². The van der Waals surface area contributed by atoms with Crippen LogP contribution in [0.2, 0.25) is 0 Å². The Bertz CT molecular complexity index is 401. The van der Waals surface area contributed by atoms with Gasteiger partial charge < -0.3 is 9.73 Å². The number of hydrogen-bond acceptors (Lipinski definition) is 3. The Morgan fingerprint density at radius 2 is 2.11 bits per heavy atom. The van der Waals surface area contributed by atoms with E-state index in [0.717, 1.165) is 23.2 Å². The fourth-order valence-corrected chi connectivity index (χ4v) is 3.58. The summed E-state index contributed by atoms with van der Waals surface area (Å²) < 4.78 is 6.82. The minimum atomic E-state index is 0.104. The van der Waals surface area contributed by atoms with Crippen LogP contribution in [0.3, 0.4) is 0 Å². The number of nitrogens with one attached hydrogen (secondary N) is 1. The highest BCUT2D eigenvalue weighted by Gasteiger charge is 2.42. The van der Waals surface area contributed by atoms with Crippen molar-refractivity contribution in [3.05, 3.63) is 22.6 Å². The Kier molecular flexibility index (Phi) is 5.09. The zero-order chi connectivity index (χ0) is 13.9. The molecule has 0 aliphatic carbocycles. The van der Waals surface area contributed by atoms with Crippen LogP contribution in [0.4, 0.5) is 0 Å². The zero-order valence-corrected chi connectivity index (χ0v) is 13.8. The maximum absolute atomic E-state index is 5.75. The van der Waals surface area contributed by atoms with E-state index in [0.29, 0.717) is 0 Å². The van der Waals surface area contributed by atoms with Crippen LogP contribution in [0.1, 0.15) is 51.8 Å². The van der Waals surface area contributed by atoms with Gasteiger partial charge in [0.25, 0.3) is 0 Å². The summed E-state index contributed by atoms with van der Waals surface area (Å²) in [5.41, 5.74) is 0.104. The van der Waals surface area contributed by atoms with Crippen molar-refractivity contribution >= 4 is 15.9 Å². The molecule has 0 saturated carbocycles. The maximum atomic E-state index is 5.75. The van der Waals surface area contributed by atoms with Crippen molar-refractivity contribution in [1.29, 1.82) is 0 Å². The van der Waals surface area contributed by atoms with Gasteiger partial charge in [0.1, 0.15) is 5.76 Å². The molecule has 1 aromatic rings. The Morgan fingerprint density at radius 3 is 2.58 bits per heavy atom. The monoisotopic (exact) mass is 328 g/mol. The number of rotatable bonds is 6. The van der Waals surface area contributed by atoms with Gasteiger partial charge in [0.2, 0.25) is 0 Å². The van der Waals surface area contributed by atoms with Crippen molar-refractivity contribution in [2.75, 3.05) is 19.6 Å². The lowest BCUT2D eigenvalue weighted by Crippen LogP contribution is -2.53. The van der Waals surface area contributed by atoms with Crippen molar-refractivity contribution in [3.63, 3.8) is 0 Å². The standard InChI is InChI=1S/C15H25BrN2O/c1-4-15(3,18-9-6-7-10-18)14(17-5-2)13-12(16)8-11-19-13/h8,11,14,17H,4-7,9-10H2,1-3H3. The average molecular weight is 329 g/mol. The van der Waals surface area contributed by atoms with E-state index in [1.165, 1.54) is 25.9 Å². The summed E-state index contributed by atoms with van der Waals surface area (Å²) >= 11 is 3.61. The molecule has 2 rings (SSSR count). The van der Waals surface area contributed by atoms with Gasteiger partial charge in [0, 0.05) is 5.54 Å². The molecule has 4 heteroatoms. The van der Waals surface area contributed by atoms with Crippen LogP contribution in [0.25, 0.3) is 0 Å². The first-order valence-corrected chi connectivity index (χ1v) is 8.14. The lowest BCUT2D eigenvalue weighted by atomic mass is 9.85. The van der Waals surface area contributed by atoms with Crippen LogP contribution in [0.15, 0.2) is 21.2 Å². The number of nitrogens with zero attached hydrogens (tertiary/aromatic N) is 1. The third-order valence-corrected chi connectivity index (χ3v) is 5.14. The van der Waals surface area contributed by atoms with Gasteiger partial charge in [0.15, 0.2) is 0 Å². The Labute approximate surface area is 124 Å². The molecule has 0 spiro atoms. The average Bonchev–Trinajstić information content (AvgIpc) is 3.06. The van der Waals surface area contributed by atoms with Gasteiger partial charge in [-0.25, -0.2) is 0 Å². The molecule has 2 heterocycles. The number of hydrogen-bond donors (Lipinski definition) is 1. The summed E-state index contributed by atoms with van der Waals surface area (Å²) in [6.45, 7) is 10.1. The first-order chi connectivity index (χ1) is 9.13. The summed E-state index contributed by atoms with van der Waals surface area (Å²) in [6, 6.07) is 2.21. The molecule has 3 nitrogen and oxygen atoms in total. The normalized spacial score (nSPS) is 21.5. The van der Waals surface area contributed by atoms with Crippen molar-refractivity contribution < 1.29 is 4.42 Å². The fraction of sp³-hybridized carbons (Fsp3) is 0.733. The fourth-order valence-electron chi connectivity index (χ4n) is 3.15. The molecule has 1 aromatic heterocycles. The Hall–Kier alpha value is -0.320. The topological polar surface area (TPSA) is 28.4 Å².